The van der Waals surface area contributed by atoms with Crippen molar-refractivity contribution in [3.05, 3.63) is 36.0 Å². The standard InChI is InChI=1S/C17H23N3O/c1-3-13(2)19-8-10-20(11-9-19)17(21)15-5-4-14-6-7-18-16(14)12-15/h4-7,12-13,18H,3,8-11H2,1-2H3. The van der Waals surface area contributed by atoms with Crippen LogP contribution >= 0.6 is 0 Å². The Bertz CT molecular complexity index is 626. The molecule has 1 atom stereocenters. The molecule has 1 aliphatic rings. The number of H-pyrrole nitrogens is 1. The van der Waals surface area contributed by atoms with Gasteiger partial charge in [-0.05, 0) is 36.9 Å². The molecule has 112 valence electrons. The van der Waals surface area contributed by atoms with Crippen molar-refractivity contribution in [2.24, 2.45) is 0 Å². The van der Waals surface area contributed by atoms with Gasteiger partial charge in [0.2, 0.25) is 0 Å². The van der Waals surface area contributed by atoms with E-state index in [9.17, 15) is 4.79 Å². The van der Waals surface area contributed by atoms with Crippen molar-refractivity contribution in [1.82, 2.24) is 14.8 Å². The highest BCUT2D eigenvalue weighted by Crippen LogP contribution is 2.17. The van der Waals surface area contributed by atoms with Crippen LogP contribution in [-0.2, 0) is 0 Å². The maximum absolute atomic E-state index is 12.6. The molecule has 0 bridgehead atoms. The molecular formula is C17H23N3O. The summed E-state index contributed by atoms with van der Waals surface area (Å²) in [6, 6.07) is 8.53. The molecule has 0 saturated carbocycles. The minimum absolute atomic E-state index is 0.148. The molecule has 2 aromatic rings. The average Bonchev–Trinajstić information content (AvgIpc) is 3.01. The summed E-state index contributed by atoms with van der Waals surface area (Å²) in [6.07, 6.45) is 3.07. The number of hydrogen-bond donors (Lipinski definition) is 1. The fraction of sp³-hybridized carbons (Fsp3) is 0.471. The molecule has 1 unspecified atom stereocenters. The summed E-state index contributed by atoms with van der Waals surface area (Å²) in [5.41, 5.74) is 1.81. The summed E-state index contributed by atoms with van der Waals surface area (Å²) in [7, 11) is 0. The lowest BCUT2D eigenvalue weighted by Crippen LogP contribution is -2.51. The lowest BCUT2D eigenvalue weighted by atomic mass is 10.1. The van der Waals surface area contributed by atoms with Gasteiger partial charge in [-0.3, -0.25) is 9.69 Å². The highest BCUT2D eigenvalue weighted by atomic mass is 16.2. The number of hydrogen-bond acceptors (Lipinski definition) is 2. The molecule has 21 heavy (non-hydrogen) atoms. The van der Waals surface area contributed by atoms with E-state index < -0.39 is 0 Å². The van der Waals surface area contributed by atoms with Gasteiger partial charge in [0.15, 0.2) is 0 Å². The lowest BCUT2D eigenvalue weighted by Gasteiger charge is -2.37. The van der Waals surface area contributed by atoms with Crippen LogP contribution in [0.3, 0.4) is 0 Å². The number of piperazine rings is 1. The molecule has 0 aliphatic carbocycles. The largest absolute Gasteiger partial charge is 0.361 e. The van der Waals surface area contributed by atoms with Gasteiger partial charge >= 0.3 is 0 Å². The Hall–Kier alpha value is -1.81. The highest BCUT2D eigenvalue weighted by molar-refractivity contribution is 5.98. The SMILES string of the molecule is CCC(C)N1CCN(C(=O)c2ccc3cc[nH]c3c2)CC1. The van der Waals surface area contributed by atoms with E-state index in [1.807, 2.05) is 35.4 Å². The monoisotopic (exact) mass is 285 g/mol. The third-order valence-electron chi connectivity index (χ3n) is 4.62. The van der Waals surface area contributed by atoms with Gasteiger partial charge in [0.05, 0.1) is 0 Å². The fourth-order valence-electron chi connectivity index (χ4n) is 2.99. The maximum atomic E-state index is 12.6. The quantitative estimate of drug-likeness (QED) is 0.942. The normalized spacial score (nSPS) is 18.1. The smallest absolute Gasteiger partial charge is 0.254 e. The van der Waals surface area contributed by atoms with Gasteiger partial charge in [0.1, 0.15) is 0 Å². The maximum Gasteiger partial charge on any atom is 0.254 e. The Morgan fingerprint density at radius 1 is 1.24 bits per heavy atom. The van der Waals surface area contributed by atoms with E-state index in [0.717, 1.165) is 49.1 Å². The number of nitrogens with one attached hydrogen (secondary N) is 1. The van der Waals surface area contributed by atoms with Crippen molar-refractivity contribution in [3.63, 3.8) is 0 Å². The van der Waals surface area contributed by atoms with Crippen LogP contribution in [0.2, 0.25) is 0 Å². The molecule has 0 spiro atoms. The molecule has 4 nitrogen and oxygen atoms in total. The molecule has 3 rings (SSSR count). The molecule has 1 aliphatic heterocycles. The molecule has 2 heterocycles. The number of aromatic amines is 1. The summed E-state index contributed by atoms with van der Waals surface area (Å²) in [5.74, 6) is 0.148. The number of fused-ring (bicyclic) bond motifs is 1. The zero-order chi connectivity index (χ0) is 14.8. The number of aromatic nitrogens is 1. The van der Waals surface area contributed by atoms with Gasteiger partial charge in [-0.2, -0.15) is 0 Å². The summed E-state index contributed by atoms with van der Waals surface area (Å²) in [4.78, 5) is 20.2. The van der Waals surface area contributed by atoms with Crippen LogP contribution < -0.4 is 0 Å². The molecule has 1 N–H and O–H groups in total. The molecule has 1 amide bonds. The number of carbonyl (C=O) groups is 1. The number of rotatable bonds is 3. The van der Waals surface area contributed by atoms with Gasteiger partial charge in [-0.25, -0.2) is 0 Å². The van der Waals surface area contributed by atoms with Crippen LogP contribution in [0, 0.1) is 0 Å². The molecule has 0 radical (unpaired) electrons. The van der Waals surface area contributed by atoms with Crippen LogP contribution in [0.15, 0.2) is 30.5 Å². The number of amides is 1. The van der Waals surface area contributed by atoms with Crippen LogP contribution in [0.4, 0.5) is 0 Å². The third-order valence-corrected chi connectivity index (χ3v) is 4.62. The first-order valence-electron chi connectivity index (χ1n) is 7.79. The van der Waals surface area contributed by atoms with E-state index in [-0.39, 0.29) is 5.91 Å². The molecule has 1 aromatic heterocycles. The van der Waals surface area contributed by atoms with Crippen molar-refractivity contribution in [2.45, 2.75) is 26.3 Å². The topological polar surface area (TPSA) is 39.3 Å². The molecule has 1 fully saturated rings. The van der Waals surface area contributed by atoms with Crippen LogP contribution in [-0.4, -0.2) is 52.9 Å². The van der Waals surface area contributed by atoms with Crippen molar-refractivity contribution in [3.8, 4) is 0 Å². The Labute approximate surface area is 125 Å². The Morgan fingerprint density at radius 3 is 2.71 bits per heavy atom. The average molecular weight is 285 g/mol. The Balaban J connectivity index is 1.68. The van der Waals surface area contributed by atoms with Gasteiger partial charge < -0.3 is 9.88 Å². The number of nitrogens with zero attached hydrogens (tertiary/aromatic N) is 2. The molecular weight excluding hydrogens is 262 g/mol. The van der Waals surface area contributed by atoms with Gasteiger partial charge in [-0.1, -0.05) is 13.0 Å². The zero-order valence-corrected chi connectivity index (χ0v) is 12.8. The second-order valence-electron chi connectivity index (χ2n) is 5.87. The van der Waals surface area contributed by atoms with Crippen molar-refractivity contribution >= 4 is 16.8 Å². The van der Waals surface area contributed by atoms with E-state index in [1.54, 1.807) is 0 Å². The zero-order valence-electron chi connectivity index (χ0n) is 12.8. The summed E-state index contributed by atoms with van der Waals surface area (Å²) >= 11 is 0. The third kappa shape index (κ3) is 2.81. The van der Waals surface area contributed by atoms with E-state index in [0.29, 0.717) is 6.04 Å². The van der Waals surface area contributed by atoms with Crippen molar-refractivity contribution in [1.29, 1.82) is 0 Å². The van der Waals surface area contributed by atoms with Crippen LogP contribution in [0.25, 0.3) is 10.9 Å². The molecule has 1 aromatic carbocycles. The fourth-order valence-corrected chi connectivity index (χ4v) is 2.99. The first kappa shape index (κ1) is 14.1. The minimum atomic E-state index is 0.148. The van der Waals surface area contributed by atoms with E-state index in [2.05, 4.69) is 23.7 Å². The number of carbonyl (C=O) groups excluding carboxylic acids is 1. The first-order chi connectivity index (χ1) is 10.2. The Morgan fingerprint density at radius 2 is 2.00 bits per heavy atom. The van der Waals surface area contributed by atoms with Crippen molar-refractivity contribution in [2.75, 3.05) is 26.2 Å². The first-order valence-corrected chi connectivity index (χ1v) is 7.79. The van der Waals surface area contributed by atoms with Crippen LogP contribution in [0.1, 0.15) is 30.6 Å². The van der Waals surface area contributed by atoms with E-state index in [4.69, 9.17) is 0 Å². The Kier molecular flexibility index (Phi) is 3.97. The minimum Gasteiger partial charge on any atom is -0.361 e. The van der Waals surface area contributed by atoms with Crippen LogP contribution in [0.5, 0.6) is 0 Å². The number of benzene rings is 1. The highest BCUT2D eigenvalue weighted by Gasteiger charge is 2.24. The summed E-state index contributed by atoms with van der Waals surface area (Å²) < 4.78 is 0. The lowest BCUT2D eigenvalue weighted by molar-refractivity contribution is 0.0580. The van der Waals surface area contributed by atoms with Gasteiger partial charge in [-0.15, -0.1) is 0 Å². The summed E-state index contributed by atoms with van der Waals surface area (Å²) in [5, 5.41) is 1.15. The van der Waals surface area contributed by atoms with Gasteiger partial charge in [0, 0.05) is 49.5 Å². The van der Waals surface area contributed by atoms with E-state index in [1.165, 1.54) is 0 Å². The molecule has 4 heteroatoms. The predicted octanol–water partition coefficient (Wildman–Crippen LogP) is 2.72. The summed E-state index contributed by atoms with van der Waals surface area (Å²) in [6.45, 7) is 8.08. The van der Waals surface area contributed by atoms with Gasteiger partial charge in [0.25, 0.3) is 5.91 Å². The second-order valence-corrected chi connectivity index (χ2v) is 5.87. The van der Waals surface area contributed by atoms with E-state index >= 15 is 0 Å². The predicted molar refractivity (Wildman–Crippen MR) is 85.5 cm³/mol. The second kappa shape index (κ2) is 5.90. The molecule has 1 saturated heterocycles. The van der Waals surface area contributed by atoms with Crippen molar-refractivity contribution < 1.29 is 4.79 Å².